The molecule has 0 spiro atoms. The molecule has 4 heterocycles. The van der Waals surface area contributed by atoms with E-state index in [1.165, 1.54) is 6.92 Å². The van der Waals surface area contributed by atoms with Gasteiger partial charge in [-0.15, -0.1) is 0 Å². The lowest BCUT2D eigenvalue weighted by Crippen LogP contribution is -2.44. The van der Waals surface area contributed by atoms with Crippen molar-refractivity contribution in [3.63, 3.8) is 0 Å². The van der Waals surface area contributed by atoms with Crippen molar-refractivity contribution in [1.29, 1.82) is 0 Å². The van der Waals surface area contributed by atoms with Crippen molar-refractivity contribution in [2.45, 2.75) is 13.0 Å². The number of nitrogens with zero attached hydrogens (tertiary/aromatic N) is 3. The van der Waals surface area contributed by atoms with Crippen LogP contribution < -0.4 is 10.2 Å². The number of anilines is 1. The summed E-state index contributed by atoms with van der Waals surface area (Å²) in [6.07, 6.45) is 5.37. The number of carbonyl (C=O) groups excluding carboxylic acids is 2. The Morgan fingerprint density at radius 3 is 2.73 bits per heavy atom. The van der Waals surface area contributed by atoms with Crippen LogP contribution in [-0.2, 0) is 14.3 Å². The SMILES string of the molecule is CC(=O)N1CC(C(=O)N[C@H](CN2CCOCC2)c2ccccc2)=Cc2c[nH]c3nccc1c23. The van der Waals surface area contributed by atoms with Crippen molar-refractivity contribution in [1.82, 2.24) is 20.2 Å². The minimum absolute atomic E-state index is 0.122. The first-order valence-corrected chi connectivity index (χ1v) is 11.2. The molecule has 0 unspecified atom stereocenters. The summed E-state index contributed by atoms with van der Waals surface area (Å²) in [6, 6.07) is 11.6. The maximum atomic E-state index is 13.6. The van der Waals surface area contributed by atoms with Gasteiger partial charge in [-0.1, -0.05) is 30.3 Å². The van der Waals surface area contributed by atoms with Crippen LogP contribution in [-0.4, -0.2) is 66.1 Å². The number of rotatable bonds is 5. The Balaban J connectivity index is 1.45. The van der Waals surface area contributed by atoms with Gasteiger partial charge in [0.15, 0.2) is 0 Å². The molecule has 8 heteroatoms. The summed E-state index contributed by atoms with van der Waals surface area (Å²) in [7, 11) is 0. The molecule has 1 atom stereocenters. The molecule has 2 aliphatic heterocycles. The average molecular weight is 446 g/mol. The predicted molar refractivity (Wildman–Crippen MR) is 127 cm³/mol. The molecule has 0 saturated carbocycles. The lowest BCUT2D eigenvalue weighted by Gasteiger charge is -2.31. The lowest BCUT2D eigenvalue weighted by atomic mass is 10.0. The molecular formula is C25H27N5O3. The van der Waals surface area contributed by atoms with Crippen molar-refractivity contribution in [2.24, 2.45) is 0 Å². The van der Waals surface area contributed by atoms with Crippen LogP contribution in [0.5, 0.6) is 0 Å². The molecule has 170 valence electrons. The third kappa shape index (κ3) is 4.40. The standard InChI is InChI=1S/C25H27N5O3/c1-17(31)30-15-20(13-19-14-27-24-23(19)22(30)7-8-26-24)25(32)28-21(18-5-3-2-4-6-18)16-29-9-11-33-12-10-29/h2-8,13-14,21H,9-12,15-16H2,1H3,(H,26,27)(H,28,32)/t21-/m1/s1. The fourth-order valence-corrected chi connectivity index (χ4v) is 4.52. The highest BCUT2D eigenvalue weighted by Gasteiger charge is 2.27. The number of morpholine rings is 1. The molecule has 2 aliphatic rings. The second-order valence-electron chi connectivity index (χ2n) is 8.42. The fourth-order valence-electron chi connectivity index (χ4n) is 4.52. The van der Waals surface area contributed by atoms with Crippen molar-refractivity contribution >= 4 is 34.6 Å². The van der Waals surface area contributed by atoms with Crippen molar-refractivity contribution in [2.75, 3.05) is 44.3 Å². The zero-order valence-electron chi connectivity index (χ0n) is 18.6. The molecule has 1 saturated heterocycles. The van der Waals surface area contributed by atoms with Gasteiger partial charge in [0.05, 0.1) is 31.5 Å². The quantitative estimate of drug-likeness (QED) is 0.630. The molecule has 0 aliphatic carbocycles. The van der Waals surface area contributed by atoms with Gasteiger partial charge in [0.1, 0.15) is 5.65 Å². The molecule has 33 heavy (non-hydrogen) atoms. The molecule has 8 nitrogen and oxygen atoms in total. The number of aromatic amines is 1. The van der Waals surface area contributed by atoms with Crippen molar-refractivity contribution in [3.8, 4) is 0 Å². The number of hydrogen-bond donors (Lipinski definition) is 2. The Labute approximate surface area is 192 Å². The Hall–Kier alpha value is -3.49. The Morgan fingerprint density at radius 2 is 1.97 bits per heavy atom. The minimum atomic E-state index is -0.182. The van der Waals surface area contributed by atoms with E-state index in [4.69, 9.17) is 4.74 Å². The van der Waals surface area contributed by atoms with E-state index in [1.54, 1.807) is 11.1 Å². The molecule has 1 fully saturated rings. The third-order valence-corrected chi connectivity index (χ3v) is 6.25. The van der Waals surface area contributed by atoms with Crippen molar-refractivity contribution in [3.05, 3.63) is 65.5 Å². The maximum Gasteiger partial charge on any atom is 0.249 e. The highest BCUT2D eigenvalue weighted by molar-refractivity contribution is 6.10. The van der Waals surface area contributed by atoms with E-state index in [-0.39, 0.29) is 24.4 Å². The molecular weight excluding hydrogens is 418 g/mol. The van der Waals surface area contributed by atoms with E-state index in [1.807, 2.05) is 48.7 Å². The van der Waals surface area contributed by atoms with Gasteiger partial charge in [0, 0.05) is 55.5 Å². The molecule has 1 aromatic carbocycles. The Bertz CT molecular complexity index is 1200. The van der Waals surface area contributed by atoms with Crippen molar-refractivity contribution < 1.29 is 14.3 Å². The summed E-state index contributed by atoms with van der Waals surface area (Å²) in [6.45, 7) is 5.49. The first kappa shape index (κ1) is 21.4. The third-order valence-electron chi connectivity index (χ3n) is 6.25. The summed E-state index contributed by atoms with van der Waals surface area (Å²) in [4.78, 5) is 37.5. The molecule has 0 bridgehead atoms. The first-order chi connectivity index (χ1) is 16.1. The van der Waals surface area contributed by atoms with Gasteiger partial charge < -0.3 is 19.9 Å². The normalized spacial score (nSPS) is 17.4. The molecule has 3 aromatic rings. The van der Waals surface area contributed by atoms with Gasteiger partial charge in [0.25, 0.3) is 0 Å². The molecule has 2 amide bonds. The second kappa shape index (κ2) is 9.17. The molecule has 5 rings (SSSR count). The topological polar surface area (TPSA) is 90.6 Å². The number of benzene rings is 1. The second-order valence-corrected chi connectivity index (χ2v) is 8.42. The zero-order chi connectivity index (χ0) is 22.8. The van der Waals surface area contributed by atoms with Crippen LogP contribution in [0.2, 0.25) is 0 Å². The van der Waals surface area contributed by atoms with E-state index in [2.05, 4.69) is 20.2 Å². The monoisotopic (exact) mass is 445 g/mol. The number of carbonyl (C=O) groups is 2. The first-order valence-electron chi connectivity index (χ1n) is 11.2. The summed E-state index contributed by atoms with van der Waals surface area (Å²) in [5, 5.41) is 4.09. The average Bonchev–Trinajstić information content (AvgIpc) is 3.16. The number of ether oxygens (including phenoxy) is 1. The number of amides is 2. The number of aromatic nitrogens is 2. The number of nitrogens with one attached hydrogen (secondary N) is 2. The summed E-state index contributed by atoms with van der Waals surface area (Å²) in [5.41, 5.74) is 3.89. The summed E-state index contributed by atoms with van der Waals surface area (Å²) in [5.74, 6) is -0.304. The summed E-state index contributed by atoms with van der Waals surface area (Å²) < 4.78 is 5.48. The fraction of sp³-hybridized carbons (Fsp3) is 0.320. The minimum Gasteiger partial charge on any atom is -0.379 e. The number of H-pyrrole nitrogens is 1. The lowest BCUT2D eigenvalue weighted by molar-refractivity contribution is -0.118. The highest BCUT2D eigenvalue weighted by Crippen LogP contribution is 2.33. The van der Waals surface area contributed by atoms with E-state index in [0.29, 0.717) is 31.0 Å². The van der Waals surface area contributed by atoms with Crippen LogP contribution in [0, 0.1) is 0 Å². The van der Waals surface area contributed by atoms with Gasteiger partial charge in [-0.3, -0.25) is 14.5 Å². The number of hydrogen-bond acceptors (Lipinski definition) is 5. The van der Waals surface area contributed by atoms with E-state index in [0.717, 1.165) is 35.3 Å². The van der Waals surface area contributed by atoms with Crippen LogP contribution in [0.4, 0.5) is 5.69 Å². The maximum absolute atomic E-state index is 13.6. The van der Waals surface area contributed by atoms with Crippen LogP contribution in [0.15, 0.2) is 54.4 Å². The van der Waals surface area contributed by atoms with Crippen LogP contribution in [0.1, 0.15) is 24.1 Å². The van der Waals surface area contributed by atoms with Gasteiger partial charge in [-0.25, -0.2) is 4.98 Å². The van der Waals surface area contributed by atoms with Crippen LogP contribution in [0.3, 0.4) is 0 Å². The van der Waals surface area contributed by atoms with Crippen LogP contribution in [0.25, 0.3) is 17.1 Å². The predicted octanol–water partition coefficient (Wildman–Crippen LogP) is 2.50. The summed E-state index contributed by atoms with van der Waals surface area (Å²) >= 11 is 0. The van der Waals surface area contributed by atoms with E-state index in [9.17, 15) is 9.59 Å². The van der Waals surface area contributed by atoms with E-state index < -0.39 is 0 Å². The van der Waals surface area contributed by atoms with Gasteiger partial charge in [0.2, 0.25) is 11.8 Å². The largest absolute Gasteiger partial charge is 0.379 e. The van der Waals surface area contributed by atoms with Gasteiger partial charge in [-0.05, 0) is 17.7 Å². The van der Waals surface area contributed by atoms with Crippen LogP contribution >= 0.6 is 0 Å². The van der Waals surface area contributed by atoms with Gasteiger partial charge >= 0.3 is 0 Å². The molecule has 0 radical (unpaired) electrons. The Morgan fingerprint density at radius 1 is 1.18 bits per heavy atom. The highest BCUT2D eigenvalue weighted by atomic mass is 16.5. The number of pyridine rings is 1. The van der Waals surface area contributed by atoms with E-state index >= 15 is 0 Å². The molecule has 2 aromatic heterocycles. The molecule has 2 N–H and O–H groups in total. The van der Waals surface area contributed by atoms with Gasteiger partial charge in [-0.2, -0.15) is 0 Å². The zero-order valence-corrected chi connectivity index (χ0v) is 18.6. The smallest absolute Gasteiger partial charge is 0.249 e. The Kier molecular flexibility index (Phi) is 5.93.